The summed E-state index contributed by atoms with van der Waals surface area (Å²) < 4.78 is 27.8. The minimum absolute atomic E-state index is 0.0511. The summed E-state index contributed by atoms with van der Waals surface area (Å²) in [6, 6.07) is 7.64. The quantitative estimate of drug-likeness (QED) is 0.746. The molecule has 0 N–H and O–H groups in total. The van der Waals surface area contributed by atoms with Crippen LogP contribution < -0.4 is 9.47 Å². The first-order valence-electron chi connectivity index (χ1n) is 6.90. The largest absolute Gasteiger partial charge is 0.487 e. The van der Waals surface area contributed by atoms with E-state index in [-0.39, 0.29) is 12.2 Å². The fourth-order valence-electron chi connectivity index (χ4n) is 2.06. The molecular formula is C15H20O5. The van der Waals surface area contributed by atoms with Crippen molar-refractivity contribution in [1.29, 1.82) is 0 Å². The maximum atomic E-state index is 5.80. The van der Waals surface area contributed by atoms with Crippen molar-refractivity contribution in [3.05, 3.63) is 24.3 Å². The third-order valence-corrected chi connectivity index (χ3v) is 3.17. The highest BCUT2D eigenvalue weighted by Gasteiger charge is 2.33. The molecule has 3 rings (SSSR count). The highest BCUT2D eigenvalue weighted by Crippen LogP contribution is 2.29. The summed E-state index contributed by atoms with van der Waals surface area (Å²) in [5.41, 5.74) is 0. The van der Waals surface area contributed by atoms with Crippen molar-refractivity contribution in [3.63, 3.8) is 0 Å². The van der Waals surface area contributed by atoms with E-state index < -0.39 is 5.79 Å². The van der Waals surface area contributed by atoms with E-state index >= 15 is 0 Å². The molecule has 0 aromatic heterocycles. The number of para-hydroxylation sites is 2. The zero-order chi connectivity index (χ0) is 14.0. The fraction of sp³-hybridized carbons (Fsp3) is 0.600. The van der Waals surface area contributed by atoms with Gasteiger partial charge in [0.2, 0.25) is 0 Å². The molecule has 0 saturated carbocycles. The van der Waals surface area contributed by atoms with Gasteiger partial charge in [0.1, 0.15) is 25.4 Å². The first-order chi connectivity index (χ1) is 9.62. The lowest BCUT2D eigenvalue weighted by Crippen LogP contribution is -2.25. The predicted octanol–water partition coefficient (Wildman–Crippen LogP) is 1.99. The average molecular weight is 280 g/mol. The Labute approximate surface area is 118 Å². The van der Waals surface area contributed by atoms with Crippen LogP contribution in [-0.4, -0.2) is 44.4 Å². The summed E-state index contributed by atoms with van der Waals surface area (Å²) >= 11 is 0. The molecule has 2 saturated heterocycles. The van der Waals surface area contributed by atoms with Gasteiger partial charge in [-0.3, -0.25) is 0 Å². The molecule has 2 aliphatic heterocycles. The molecule has 1 aromatic rings. The highest BCUT2D eigenvalue weighted by molar-refractivity contribution is 5.39. The Balaban J connectivity index is 1.53. The molecule has 0 amide bonds. The number of rotatable bonds is 6. The Morgan fingerprint density at radius 2 is 1.65 bits per heavy atom. The highest BCUT2D eigenvalue weighted by atomic mass is 16.7. The standard InChI is InChI=1S/C15H20O5/c1-15(2)19-10-12(20-15)9-18-14-6-4-3-5-13(14)17-8-11-7-16-11/h3-6,11-12H,7-10H2,1-2H3/t11-,12-/m1/s1. The van der Waals surface area contributed by atoms with E-state index in [2.05, 4.69) is 0 Å². The maximum absolute atomic E-state index is 5.80. The van der Waals surface area contributed by atoms with Crippen LogP contribution in [0, 0.1) is 0 Å². The molecule has 1 aromatic carbocycles. The van der Waals surface area contributed by atoms with E-state index in [9.17, 15) is 0 Å². The van der Waals surface area contributed by atoms with Crippen LogP contribution in [0.5, 0.6) is 11.5 Å². The molecule has 2 aliphatic rings. The van der Waals surface area contributed by atoms with Gasteiger partial charge in [0.05, 0.1) is 13.2 Å². The Morgan fingerprint density at radius 1 is 1.05 bits per heavy atom. The van der Waals surface area contributed by atoms with Gasteiger partial charge < -0.3 is 23.7 Å². The molecule has 0 spiro atoms. The van der Waals surface area contributed by atoms with Gasteiger partial charge in [-0.2, -0.15) is 0 Å². The van der Waals surface area contributed by atoms with Crippen LogP contribution in [0.1, 0.15) is 13.8 Å². The minimum Gasteiger partial charge on any atom is -0.487 e. The molecule has 0 aliphatic carbocycles. The molecular weight excluding hydrogens is 260 g/mol. The minimum atomic E-state index is -0.520. The second-order valence-corrected chi connectivity index (χ2v) is 5.47. The zero-order valence-corrected chi connectivity index (χ0v) is 11.8. The van der Waals surface area contributed by atoms with Gasteiger partial charge in [-0.25, -0.2) is 0 Å². The predicted molar refractivity (Wildman–Crippen MR) is 72.1 cm³/mol. The topological polar surface area (TPSA) is 49.5 Å². The summed E-state index contributed by atoms with van der Waals surface area (Å²) in [6.07, 6.45) is 0.181. The van der Waals surface area contributed by atoms with Gasteiger partial charge in [0.15, 0.2) is 17.3 Å². The molecule has 5 heteroatoms. The monoisotopic (exact) mass is 280 g/mol. The van der Waals surface area contributed by atoms with E-state index in [0.717, 1.165) is 18.1 Å². The van der Waals surface area contributed by atoms with Crippen LogP contribution >= 0.6 is 0 Å². The van der Waals surface area contributed by atoms with Crippen LogP contribution in [0.3, 0.4) is 0 Å². The molecule has 5 nitrogen and oxygen atoms in total. The van der Waals surface area contributed by atoms with E-state index in [1.165, 1.54) is 0 Å². The van der Waals surface area contributed by atoms with Crippen LogP contribution in [-0.2, 0) is 14.2 Å². The molecule has 2 fully saturated rings. The van der Waals surface area contributed by atoms with E-state index in [0.29, 0.717) is 19.8 Å². The number of ether oxygens (including phenoxy) is 5. The lowest BCUT2D eigenvalue weighted by molar-refractivity contribution is -0.141. The molecule has 0 unspecified atom stereocenters. The average Bonchev–Trinajstić information content (AvgIpc) is 3.19. The van der Waals surface area contributed by atoms with Crippen molar-refractivity contribution in [2.75, 3.05) is 26.4 Å². The van der Waals surface area contributed by atoms with Gasteiger partial charge in [-0.15, -0.1) is 0 Å². The van der Waals surface area contributed by atoms with E-state index in [1.807, 2.05) is 38.1 Å². The van der Waals surface area contributed by atoms with Crippen molar-refractivity contribution in [2.24, 2.45) is 0 Å². The Bertz CT molecular complexity index is 455. The smallest absolute Gasteiger partial charge is 0.163 e. The third kappa shape index (κ3) is 3.62. The first-order valence-corrected chi connectivity index (χ1v) is 6.90. The number of epoxide rings is 1. The summed E-state index contributed by atoms with van der Waals surface area (Å²) in [4.78, 5) is 0. The van der Waals surface area contributed by atoms with Gasteiger partial charge in [-0.05, 0) is 26.0 Å². The van der Waals surface area contributed by atoms with Gasteiger partial charge in [0, 0.05) is 0 Å². The van der Waals surface area contributed by atoms with Crippen LogP contribution in [0.4, 0.5) is 0 Å². The van der Waals surface area contributed by atoms with Crippen molar-refractivity contribution in [1.82, 2.24) is 0 Å². The third-order valence-electron chi connectivity index (χ3n) is 3.17. The summed E-state index contributed by atoms with van der Waals surface area (Å²) in [6.45, 7) is 6.15. The lowest BCUT2D eigenvalue weighted by atomic mass is 10.3. The first kappa shape index (κ1) is 13.7. The summed E-state index contributed by atoms with van der Waals surface area (Å²) in [7, 11) is 0. The fourth-order valence-corrected chi connectivity index (χ4v) is 2.06. The Morgan fingerprint density at radius 3 is 2.15 bits per heavy atom. The Hall–Kier alpha value is -1.30. The van der Waals surface area contributed by atoms with Gasteiger partial charge in [-0.1, -0.05) is 12.1 Å². The van der Waals surface area contributed by atoms with E-state index in [1.54, 1.807) is 0 Å². The lowest BCUT2D eigenvalue weighted by Gasteiger charge is -2.18. The second kappa shape index (κ2) is 5.60. The van der Waals surface area contributed by atoms with Gasteiger partial charge >= 0.3 is 0 Å². The van der Waals surface area contributed by atoms with Crippen molar-refractivity contribution in [3.8, 4) is 11.5 Å². The zero-order valence-electron chi connectivity index (χ0n) is 11.8. The molecule has 0 radical (unpaired) electrons. The number of benzene rings is 1. The Kier molecular flexibility index (Phi) is 3.83. The number of hydrogen-bond donors (Lipinski definition) is 0. The summed E-state index contributed by atoms with van der Waals surface area (Å²) in [5, 5.41) is 0. The number of hydrogen-bond acceptors (Lipinski definition) is 5. The molecule has 110 valence electrons. The van der Waals surface area contributed by atoms with Crippen LogP contribution in [0.25, 0.3) is 0 Å². The molecule has 0 bridgehead atoms. The normalized spacial score (nSPS) is 27.3. The van der Waals surface area contributed by atoms with Crippen molar-refractivity contribution in [2.45, 2.75) is 31.8 Å². The SMILES string of the molecule is CC1(C)OC[C@@H](COc2ccccc2OC[C@H]2CO2)O1. The molecule has 20 heavy (non-hydrogen) atoms. The maximum Gasteiger partial charge on any atom is 0.163 e. The van der Waals surface area contributed by atoms with Crippen LogP contribution in [0.2, 0.25) is 0 Å². The summed E-state index contributed by atoms with van der Waals surface area (Å²) in [5.74, 6) is 0.940. The second-order valence-electron chi connectivity index (χ2n) is 5.47. The van der Waals surface area contributed by atoms with E-state index in [4.69, 9.17) is 23.7 Å². The van der Waals surface area contributed by atoms with Gasteiger partial charge in [0.25, 0.3) is 0 Å². The van der Waals surface area contributed by atoms with Crippen LogP contribution in [0.15, 0.2) is 24.3 Å². The van der Waals surface area contributed by atoms with Crippen molar-refractivity contribution >= 4 is 0 Å². The molecule has 2 heterocycles. The molecule has 2 atom stereocenters. The van der Waals surface area contributed by atoms with Crippen molar-refractivity contribution < 1.29 is 23.7 Å².